The van der Waals surface area contributed by atoms with Crippen molar-refractivity contribution in [2.75, 3.05) is 18.4 Å². The molecule has 0 bridgehead atoms. The number of carbonyl (C=O) groups excluding carboxylic acids is 1. The standard InChI is InChI=1S/C26H27FN2O4S/c1-18-14-19(2)17-29(16-18)34(31,32)25-15-20(8-13-24(25)27)26(30)28-21-9-11-23(12-10-21)33-22-6-4-3-5-7-22/h3-13,15,18-19H,14,16-17H2,1-2H3,(H,28,30)/t18-,19-/m0/s1. The first-order valence-corrected chi connectivity index (χ1v) is 12.6. The van der Waals surface area contributed by atoms with Gasteiger partial charge in [-0.05, 0) is 72.9 Å². The van der Waals surface area contributed by atoms with Crippen LogP contribution in [-0.2, 0) is 10.0 Å². The van der Waals surface area contributed by atoms with Crippen LogP contribution in [0.5, 0.6) is 11.5 Å². The number of carbonyl (C=O) groups is 1. The van der Waals surface area contributed by atoms with Gasteiger partial charge in [-0.3, -0.25) is 4.79 Å². The number of halogens is 1. The number of para-hydroxylation sites is 1. The molecule has 0 unspecified atom stereocenters. The molecular formula is C26H27FN2O4S. The van der Waals surface area contributed by atoms with Crippen molar-refractivity contribution in [2.24, 2.45) is 11.8 Å². The summed E-state index contributed by atoms with van der Waals surface area (Å²) in [4.78, 5) is 12.3. The molecule has 3 aromatic rings. The molecule has 0 aliphatic carbocycles. The smallest absolute Gasteiger partial charge is 0.255 e. The van der Waals surface area contributed by atoms with Gasteiger partial charge in [-0.1, -0.05) is 32.0 Å². The average Bonchev–Trinajstić information content (AvgIpc) is 2.80. The van der Waals surface area contributed by atoms with Crippen LogP contribution in [0.1, 0.15) is 30.6 Å². The molecule has 2 atom stereocenters. The summed E-state index contributed by atoms with van der Waals surface area (Å²) in [6.07, 6.45) is 0.923. The van der Waals surface area contributed by atoms with Crippen LogP contribution in [0.15, 0.2) is 77.7 Å². The van der Waals surface area contributed by atoms with E-state index in [0.717, 1.165) is 18.6 Å². The van der Waals surface area contributed by atoms with E-state index in [1.54, 1.807) is 24.3 Å². The van der Waals surface area contributed by atoms with Crippen molar-refractivity contribution in [2.45, 2.75) is 25.2 Å². The van der Waals surface area contributed by atoms with Crippen molar-refractivity contribution in [3.63, 3.8) is 0 Å². The number of nitrogens with zero attached hydrogens (tertiary/aromatic N) is 1. The van der Waals surface area contributed by atoms with Gasteiger partial charge in [-0.2, -0.15) is 4.31 Å². The van der Waals surface area contributed by atoms with Gasteiger partial charge in [0.1, 0.15) is 22.2 Å². The molecule has 0 saturated carbocycles. The first-order chi connectivity index (χ1) is 16.2. The quantitative estimate of drug-likeness (QED) is 0.501. The Kier molecular flexibility index (Phi) is 7.00. The van der Waals surface area contributed by atoms with E-state index >= 15 is 0 Å². The van der Waals surface area contributed by atoms with Crippen molar-refractivity contribution < 1.29 is 22.3 Å². The molecule has 1 fully saturated rings. The van der Waals surface area contributed by atoms with Gasteiger partial charge in [0.15, 0.2) is 0 Å². The van der Waals surface area contributed by atoms with Crippen molar-refractivity contribution in [3.05, 3.63) is 84.2 Å². The van der Waals surface area contributed by atoms with Crippen LogP contribution in [0, 0.1) is 17.7 Å². The molecule has 8 heteroatoms. The van der Waals surface area contributed by atoms with Gasteiger partial charge in [0, 0.05) is 24.3 Å². The van der Waals surface area contributed by atoms with E-state index in [-0.39, 0.29) is 17.4 Å². The molecule has 0 radical (unpaired) electrons. The number of rotatable bonds is 6. The highest BCUT2D eigenvalue weighted by atomic mass is 32.2. The van der Waals surface area contributed by atoms with Gasteiger partial charge in [0.2, 0.25) is 10.0 Å². The van der Waals surface area contributed by atoms with Gasteiger partial charge in [0.05, 0.1) is 0 Å². The maximum absolute atomic E-state index is 14.6. The Balaban J connectivity index is 1.49. The lowest BCUT2D eigenvalue weighted by Gasteiger charge is -2.34. The zero-order valence-corrected chi connectivity index (χ0v) is 19.9. The van der Waals surface area contributed by atoms with Crippen LogP contribution in [0.25, 0.3) is 0 Å². The molecule has 1 amide bonds. The summed E-state index contributed by atoms with van der Waals surface area (Å²) >= 11 is 0. The number of nitrogens with one attached hydrogen (secondary N) is 1. The lowest BCUT2D eigenvalue weighted by molar-refractivity contribution is 0.102. The monoisotopic (exact) mass is 482 g/mol. The van der Waals surface area contributed by atoms with Crippen molar-refractivity contribution >= 4 is 21.6 Å². The molecule has 3 aromatic carbocycles. The number of piperidine rings is 1. The van der Waals surface area contributed by atoms with E-state index in [1.165, 1.54) is 10.4 Å². The molecule has 1 aliphatic rings. The summed E-state index contributed by atoms with van der Waals surface area (Å²) in [6.45, 7) is 4.63. The van der Waals surface area contributed by atoms with Crippen molar-refractivity contribution in [3.8, 4) is 11.5 Å². The summed E-state index contributed by atoms with van der Waals surface area (Å²) < 4.78 is 48.0. The summed E-state index contributed by atoms with van der Waals surface area (Å²) in [7, 11) is -4.06. The number of amides is 1. The van der Waals surface area contributed by atoms with Crippen LogP contribution < -0.4 is 10.1 Å². The van der Waals surface area contributed by atoms with Crippen LogP contribution in [0.3, 0.4) is 0 Å². The second kappa shape index (κ2) is 9.95. The largest absolute Gasteiger partial charge is 0.457 e. The zero-order chi connectivity index (χ0) is 24.3. The average molecular weight is 483 g/mol. The second-order valence-corrected chi connectivity index (χ2v) is 10.7. The van der Waals surface area contributed by atoms with E-state index in [0.29, 0.717) is 30.3 Å². The number of anilines is 1. The molecule has 178 valence electrons. The van der Waals surface area contributed by atoms with Crippen LogP contribution in [0.4, 0.5) is 10.1 Å². The van der Waals surface area contributed by atoms with Crippen LogP contribution in [-0.4, -0.2) is 31.7 Å². The Bertz CT molecular complexity index is 1250. The number of hydrogen-bond donors (Lipinski definition) is 1. The zero-order valence-electron chi connectivity index (χ0n) is 19.1. The Morgan fingerprint density at radius 1 is 0.941 bits per heavy atom. The van der Waals surface area contributed by atoms with E-state index in [1.807, 2.05) is 44.2 Å². The maximum atomic E-state index is 14.6. The summed E-state index contributed by atoms with van der Waals surface area (Å²) in [5.74, 6) is 0.253. The van der Waals surface area contributed by atoms with Crippen molar-refractivity contribution in [1.82, 2.24) is 4.31 Å². The van der Waals surface area contributed by atoms with E-state index in [4.69, 9.17) is 4.74 Å². The minimum Gasteiger partial charge on any atom is -0.457 e. The molecule has 1 N–H and O–H groups in total. The van der Waals surface area contributed by atoms with Gasteiger partial charge in [-0.25, -0.2) is 12.8 Å². The number of sulfonamides is 1. The van der Waals surface area contributed by atoms with Crippen LogP contribution >= 0.6 is 0 Å². The minimum atomic E-state index is -4.06. The Labute approximate surface area is 199 Å². The highest BCUT2D eigenvalue weighted by Gasteiger charge is 2.33. The Morgan fingerprint density at radius 2 is 1.56 bits per heavy atom. The topological polar surface area (TPSA) is 75.7 Å². The molecule has 6 nitrogen and oxygen atoms in total. The third-order valence-corrected chi connectivity index (χ3v) is 7.58. The molecule has 1 heterocycles. The minimum absolute atomic E-state index is 0.0580. The van der Waals surface area contributed by atoms with Gasteiger partial charge in [0.25, 0.3) is 5.91 Å². The molecule has 1 aliphatic heterocycles. The SMILES string of the molecule is C[C@H]1C[C@H](C)CN(S(=O)(=O)c2cc(C(=O)Nc3ccc(Oc4ccccc4)cc3)ccc2F)C1. The van der Waals surface area contributed by atoms with Crippen LogP contribution in [0.2, 0.25) is 0 Å². The van der Waals surface area contributed by atoms with E-state index in [2.05, 4.69) is 5.32 Å². The number of hydrogen-bond acceptors (Lipinski definition) is 4. The third kappa shape index (κ3) is 5.46. The molecule has 1 saturated heterocycles. The fraction of sp³-hybridized carbons (Fsp3) is 0.269. The normalized spacial score (nSPS) is 18.9. The lowest BCUT2D eigenvalue weighted by Crippen LogP contribution is -2.42. The summed E-state index contributed by atoms with van der Waals surface area (Å²) in [5.41, 5.74) is 0.556. The summed E-state index contributed by atoms with van der Waals surface area (Å²) in [5, 5.41) is 2.72. The predicted octanol–water partition coefficient (Wildman–Crippen LogP) is 5.54. The lowest BCUT2D eigenvalue weighted by atomic mass is 9.94. The first-order valence-electron chi connectivity index (χ1n) is 11.2. The highest BCUT2D eigenvalue weighted by Crippen LogP contribution is 2.29. The molecular weight excluding hydrogens is 455 g/mol. The van der Waals surface area contributed by atoms with Gasteiger partial charge < -0.3 is 10.1 Å². The molecule has 0 spiro atoms. The molecule has 34 heavy (non-hydrogen) atoms. The highest BCUT2D eigenvalue weighted by molar-refractivity contribution is 7.89. The van der Waals surface area contributed by atoms with Crippen molar-refractivity contribution in [1.29, 1.82) is 0 Å². The number of ether oxygens (including phenoxy) is 1. The fourth-order valence-electron chi connectivity index (χ4n) is 4.22. The fourth-order valence-corrected chi connectivity index (χ4v) is 5.99. The van der Waals surface area contributed by atoms with E-state index < -0.39 is 26.6 Å². The second-order valence-electron chi connectivity index (χ2n) is 8.81. The Hall–Kier alpha value is -3.23. The first kappa shape index (κ1) is 23.9. The third-order valence-electron chi connectivity index (χ3n) is 5.74. The van der Waals surface area contributed by atoms with E-state index in [9.17, 15) is 17.6 Å². The molecule has 0 aromatic heterocycles. The van der Waals surface area contributed by atoms with Gasteiger partial charge >= 0.3 is 0 Å². The Morgan fingerprint density at radius 3 is 2.21 bits per heavy atom. The number of benzene rings is 3. The van der Waals surface area contributed by atoms with Gasteiger partial charge in [-0.15, -0.1) is 0 Å². The maximum Gasteiger partial charge on any atom is 0.255 e. The molecule has 4 rings (SSSR count). The summed E-state index contributed by atoms with van der Waals surface area (Å²) in [6, 6.07) is 19.5. The predicted molar refractivity (Wildman–Crippen MR) is 129 cm³/mol.